The number of aromatic nitrogens is 1. The summed E-state index contributed by atoms with van der Waals surface area (Å²) in [4.78, 5) is 4.52. The predicted molar refractivity (Wildman–Crippen MR) is 104 cm³/mol. The van der Waals surface area contributed by atoms with E-state index in [1.807, 2.05) is 47.8 Å². The molecule has 2 aromatic carbocycles. The highest BCUT2D eigenvalue weighted by molar-refractivity contribution is 7.14. The van der Waals surface area contributed by atoms with Gasteiger partial charge in [0.25, 0.3) is 0 Å². The molecule has 0 aliphatic rings. The minimum Gasteiger partial charge on any atom is -0.493 e. The van der Waals surface area contributed by atoms with Crippen LogP contribution in [0.1, 0.15) is 5.56 Å². The molecule has 3 aromatic rings. The zero-order valence-corrected chi connectivity index (χ0v) is 15.1. The number of methoxy groups -OCH3 is 1. The number of aliphatic hydroxyl groups excluding tert-OH is 1. The van der Waals surface area contributed by atoms with Crippen molar-refractivity contribution in [3.05, 3.63) is 59.5 Å². The second-order valence-corrected chi connectivity index (χ2v) is 6.11. The van der Waals surface area contributed by atoms with E-state index in [2.05, 4.69) is 15.5 Å². The summed E-state index contributed by atoms with van der Waals surface area (Å²) >= 11 is 1.49. The smallest absolute Gasteiger partial charge is 0.203 e. The molecule has 0 bridgehead atoms. The normalized spacial score (nSPS) is 10.8. The zero-order valence-electron chi connectivity index (χ0n) is 14.3. The Hall–Kier alpha value is -2.90. The molecule has 1 aromatic heterocycles. The summed E-state index contributed by atoms with van der Waals surface area (Å²) in [6, 6.07) is 15.5. The number of hydrogen-bond donors (Lipinski definition) is 2. The fourth-order valence-electron chi connectivity index (χ4n) is 2.27. The Balaban J connectivity index is 1.64. The predicted octanol–water partition coefficient (Wildman–Crippen LogP) is 3.64. The number of thiazole rings is 1. The molecule has 7 heteroatoms. The Bertz CT molecular complexity index is 865. The van der Waals surface area contributed by atoms with E-state index in [4.69, 9.17) is 14.6 Å². The van der Waals surface area contributed by atoms with Crippen LogP contribution in [0.4, 0.5) is 5.13 Å². The summed E-state index contributed by atoms with van der Waals surface area (Å²) in [7, 11) is 1.57. The van der Waals surface area contributed by atoms with E-state index in [0.29, 0.717) is 11.5 Å². The number of hydrazone groups is 1. The average molecular weight is 369 g/mol. The third-order valence-corrected chi connectivity index (χ3v) is 4.23. The van der Waals surface area contributed by atoms with E-state index in [0.717, 1.165) is 22.0 Å². The number of benzene rings is 2. The van der Waals surface area contributed by atoms with Crippen LogP contribution in [0.5, 0.6) is 11.5 Å². The van der Waals surface area contributed by atoms with Crippen molar-refractivity contribution < 1.29 is 14.6 Å². The van der Waals surface area contributed by atoms with Crippen LogP contribution in [0.2, 0.25) is 0 Å². The van der Waals surface area contributed by atoms with Gasteiger partial charge in [0.05, 0.1) is 25.6 Å². The molecular weight excluding hydrogens is 350 g/mol. The number of hydrogen-bond acceptors (Lipinski definition) is 7. The van der Waals surface area contributed by atoms with Crippen LogP contribution in [0.3, 0.4) is 0 Å². The lowest BCUT2D eigenvalue weighted by atomic mass is 10.2. The standard InChI is InChI=1S/C19H19N3O3S/c1-24-18-11-14(7-8-17(18)25-10-9-23)12-20-22-19-21-16(13-26-19)15-5-3-2-4-6-15/h2-8,11-13,23H,9-10H2,1H3,(H,21,22). The highest BCUT2D eigenvalue weighted by Crippen LogP contribution is 2.28. The Morgan fingerprint density at radius 3 is 2.81 bits per heavy atom. The second kappa shape index (κ2) is 8.98. The van der Waals surface area contributed by atoms with Crippen molar-refractivity contribution in [1.29, 1.82) is 0 Å². The van der Waals surface area contributed by atoms with Gasteiger partial charge >= 0.3 is 0 Å². The first kappa shape index (κ1) is 17.9. The molecule has 0 aliphatic heterocycles. The molecule has 0 spiro atoms. The number of anilines is 1. The van der Waals surface area contributed by atoms with E-state index in [1.54, 1.807) is 19.4 Å². The van der Waals surface area contributed by atoms with Gasteiger partial charge in [0, 0.05) is 10.9 Å². The van der Waals surface area contributed by atoms with Crippen molar-refractivity contribution in [2.45, 2.75) is 0 Å². The molecule has 0 atom stereocenters. The van der Waals surface area contributed by atoms with Gasteiger partial charge in [-0.3, -0.25) is 5.43 Å². The lowest BCUT2D eigenvalue weighted by molar-refractivity contribution is 0.196. The molecule has 2 N–H and O–H groups in total. The van der Waals surface area contributed by atoms with Crippen molar-refractivity contribution >= 4 is 22.7 Å². The van der Waals surface area contributed by atoms with Gasteiger partial charge in [0.15, 0.2) is 11.5 Å². The Kier molecular flexibility index (Phi) is 6.19. The Labute approximate surface area is 155 Å². The molecule has 3 rings (SSSR count). The van der Waals surface area contributed by atoms with Gasteiger partial charge < -0.3 is 14.6 Å². The molecule has 0 radical (unpaired) electrons. The first-order valence-corrected chi connectivity index (χ1v) is 8.90. The van der Waals surface area contributed by atoms with Crippen LogP contribution in [0.25, 0.3) is 11.3 Å². The number of aliphatic hydroxyl groups is 1. The first-order valence-electron chi connectivity index (χ1n) is 8.02. The van der Waals surface area contributed by atoms with Gasteiger partial charge in [-0.05, 0) is 23.8 Å². The fourth-order valence-corrected chi connectivity index (χ4v) is 2.94. The maximum absolute atomic E-state index is 8.84. The maximum atomic E-state index is 8.84. The Morgan fingerprint density at radius 2 is 2.04 bits per heavy atom. The van der Waals surface area contributed by atoms with Gasteiger partial charge in [-0.25, -0.2) is 4.98 Å². The quantitative estimate of drug-likeness (QED) is 0.468. The van der Waals surface area contributed by atoms with Gasteiger partial charge in [-0.2, -0.15) is 5.10 Å². The molecule has 134 valence electrons. The highest BCUT2D eigenvalue weighted by Gasteiger charge is 2.05. The minimum atomic E-state index is -0.0466. The van der Waals surface area contributed by atoms with Crippen LogP contribution < -0.4 is 14.9 Å². The average Bonchev–Trinajstić information content (AvgIpc) is 3.16. The zero-order chi connectivity index (χ0) is 18.2. The highest BCUT2D eigenvalue weighted by atomic mass is 32.1. The van der Waals surface area contributed by atoms with E-state index >= 15 is 0 Å². The van der Waals surface area contributed by atoms with Crippen LogP contribution >= 0.6 is 11.3 Å². The first-order chi connectivity index (χ1) is 12.8. The largest absolute Gasteiger partial charge is 0.493 e. The van der Waals surface area contributed by atoms with Crippen LogP contribution in [0, 0.1) is 0 Å². The van der Waals surface area contributed by atoms with E-state index in [9.17, 15) is 0 Å². The van der Waals surface area contributed by atoms with Gasteiger partial charge in [-0.1, -0.05) is 30.3 Å². The Morgan fingerprint density at radius 1 is 1.19 bits per heavy atom. The summed E-state index contributed by atoms with van der Waals surface area (Å²) in [5, 5.41) is 15.8. The maximum Gasteiger partial charge on any atom is 0.203 e. The lowest BCUT2D eigenvalue weighted by Gasteiger charge is -2.10. The van der Waals surface area contributed by atoms with Crippen LogP contribution in [-0.4, -0.2) is 36.6 Å². The number of ether oxygens (including phenoxy) is 2. The molecule has 26 heavy (non-hydrogen) atoms. The summed E-state index contributed by atoms with van der Waals surface area (Å²) < 4.78 is 10.7. The van der Waals surface area contributed by atoms with Crippen LogP contribution in [-0.2, 0) is 0 Å². The molecule has 6 nitrogen and oxygen atoms in total. The van der Waals surface area contributed by atoms with Crippen molar-refractivity contribution in [2.75, 3.05) is 25.7 Å². The summed E-state index contributed by atoms with van der Waals surface area (Å²) in [6.07, 6.45) is 1.68. The van der Waals surface area contributed by atoms with Crippen LogP contribution in [0.15, 0.2) is 59.0 Å². The van der Waals surface area contributed by atoms with Crippen molar-refractivity contribution in [3.8, 4) is 22.8 Å². The molecule has 1 heterocycles. The number of rotatable bonds is 8. The molecule has 0 aliphatic carbocycles. The number of nitrogens with zero attached hydrogens (tertiary/aromatic N) is 2. The second-order valence-electron chi connectivity index (χ2n) is 5.26. The molecule has 0 saturated carbocycles. The van der Waals surface area contributed by atoms with E-state index in [1.165, 1.54) is 11.3 Å². The van der Waals surface area contributed by atoms with Gasteiger partial charge in [0.1, 0.15) is 6.61 Å². The van der Waals surface area contributed by atoms with Crippen molar-refractivity contribution in [2.24, 2.45) is 5.10 Å². The fraction of sp³-hybridized carbons (Fsp3) is 0.158. The monoisotopic (exact) mass is 369 g/mol. The third kappa shape index (κ3) is 4.59. The summed E-state index contributed by atoms with van der Waals surface area (Å²) in [6.45, 7) is 0.175. The molecular formula is C19H19N3O3S. The van der Waals surface area contributed by atoms with Crippen molar-refractivity contribution in [1.82, 2.24) is 4.98 Å². The minimum absolute atomic E-state index is 0.0466. The molecule has 0 saturated heterocycles. The van der Waals surface area contributed by atoms with E-state index in [-0.39, 0.29) is 13.2 Å². The van der Waals surface area contributed by atoms with E-state index < -0.39 is 0 Å². The lowest BCUT2D eigenvalue weighted by Crippen LogP contribution is -2.03. The topological polar surface area (TPSA) is 76.0 Å². The van der Waals surface area contributed by atoms with Gasteiger partial charge in [-0.15, -0.1) is 11.3 Å². The SMILES string of the molecule is COc1cc(C=NNc2nc(-c3ccccc3)cs2)ccc1OCCO. The van der Waals surface area contributed by atoms with Gasteiger partial charge in [0.2, 0.25) is 5.13 Å². The summed E-state index contributed by atoms with van der Waals surface area (Å²) in [5.74, 6) is 1.17. The molecule has 0 fully saturated rings. The summed E-state index contributed by atoms with van der Waals surface area (Å²) in [5.41, 5.74) is 5.78. The third-order valence-electron chi connectivity index (χ3n) is 3.48. The molecule has 0 amide bonds. The van der Waals surface area contributed by atoms with Crippen molar-refractivity contribution in [3.63, 3.8) is 0 Å². The molecule has 0 unspecified atom stereocenters. The number of nitrogens with one attached hydrogen (secondary N) is 1.